The van der Waals surface area contributed by atoms with Crippen LogP contribution < -0.4 is 4.90 Å². The smallest absolute Gasteiger partial charge is 0.227 e. The number of amides is 1. The number of benzene rings is 1. The molecule has 2 rings (SSSR count). The zero-order valence-electron chi connectivity index (χ0n) is 13.2. The maximum absolute atomic E-state index is 12.7. The lowest BCUT2D eigenvalue weighted by Crippen LogP contribution is -2.39. The standard InChI is InChI=1S/C16H22ClNO3S/c1-12(2)18(14-6-4-13(17)5-7-14)15(19)10-16(8-9-16)11-22(3,20)21/h4-7,12H,8-11H2,1-3H3. The molecule has 0 radical (unpaired) electrons. The molecule has 1 amide bonds. The Labute approximate surface area is 137 Å². The van der Waals surface area contributed by atoms with E-state index in [2.05, 4.69) is 0 Å². The number of carbonyl (C=O) groups excluding carboxylic acids is 1. The molecule has 1 aromatic carbocycles. The fraction of sp³-hybridized carbons (Fsp3) is 0.562. The molecule has 22 heavy (non-hydrogen) atoms. The van der Waals surface area contributed by atoms with Crippen molar-refractivity contribution in [1.29, 1.82) is 0 Å². The number of nitrogens with zero attached hydrogens (tertiary/aromatic N) is 1. The van der Waals surface area contributed by atoms with E-state index in [4.69, 9.17) is 11.6 Å². The van der Waals surface area contributed by atoms with E-state index in [1.807, 2.05) is 26.0 Å². The summed E-state index contributed by atoms with van der Waals surface area (Å²) in [7, 11) is -3.07. The van der Waals surface area contributed by atoms with Crippen LogP contribution >= 0.6 is 11.6 Å². The average Bonchev–Trinajstić information content (AvgIpc) is 3.08. The molecule has 6 heteroatoms. The van der Waals surface area contributed by atoms with Crippen LogP contribution in [0.1, 0.15) is 33.1 Å². The van der Waals surface area contributed by atoms with Crippen LogP contribution in [0.25, 0.3) is 0 Å². The van der Waals surface area contributed by atoms with E-state index in [0.29, 0.717) is 5.02 Å². The van der Waals surface area contributed by atoms with E-state index in [-0.39, 0.29) is 29.5 Å². The van der Waals surface area contributed by atoms with Gasteiger partial charge in [-0.2, -0.15) is 0 Å². The highest BCUT2D eigenvalue weighted by Gasteiger charge is 2.47. The molecule has 1 aliphatic carbocycles. The molecule has 0 unspecified atom stereocenters. The van der Waals surface area contributed by atoms with E-state index in [1.165, 1.54) is 6.26 Å². The third-order valence-electron chi connectivity index (χ3n) is 3.94. The second kappa shape index (κ2) is 6.20. The van der Waals surface area contributed by atoms with Gasteiger partial charge in [-0.3, -0.25) is 4.79 Å². The lowest BCUT2D eigenvalue weighted by Gasteiger charge is -2.28. The van der Waals surface area contributed by atoms with Crippen LogP contribution in [0.4, 0.5) is 5.69 Å². The lowest BCUT2D eigenvalue weighted by molar-refractivity contribution is -0.120. The first-order valence-corrected chi connectivity index (χ1v) is 9.81. The zero-order valence-corrected chi connectivity index (χ0v) is 14.7. The van der Waals surface area contributed by atoms with E-state index in [9.17, 15) is 13.2 Å². The van der Waals surface area contributed by atoms with Gasteiger partial charge in [0, 0.05) is 29.4 Å². The van der Waals surface area contributed by atoms with Crippen molar-refractivity contribution in [3.05, 3.63) is 29.3 Å². The number of hydrogen-bond donors (Lipinski definition) is 0. The van der Waals surface area contributed by atoms with Crippen LogP contribution in [0.3, 0.4) is 0 Å². The Balaban J connectivity index is 2.16. The molecule has 0 heterocycles. The molecule has 0 aliphatic heterocycles. The maximum Gasteiger partial charge on any atom is 0.227 e. The fourth-order valence-corrected chi connectivity index (χ4v) is 4.47. The van der Waals surface area contributed by atoms with E-state index in [0.717, 1.165) is 18.5 Å². The van der Waals surface area contributed by atoms with E-state index >= 15 is 0 Å². The summed E-state index contributed by atoms with van der Waals surface area (Å²) in [4.78, 5) is 14.4. The van der Waals surface area contributed by atoms with Gasteiger partial charge in [-0.05, 0) is 56.4 Å². The van der Waals surface area contributed by atoms with Gasteiger partial charge in [-0.1, -0.05) is 11.6 Å². The number of hydrogen-bond acceptors (Lipinski definition) is 3. The van der Waals surface area contributed by atoms with E-state index in [1.54, 1.807) is 17.0 Å². The minimum Gasteiger partial charge on any atom is -0.310 e. The molecule has 0 spiro atoms. The number of anilines is 1. The Morgan fingerprint density at radius 3 is 2.23 bits per heavy atom. The summed E-state index contributed by atoms with van der Waals surface area (Å²) in [6.07, 6.45) is 3.12. The first-order valence-electron chi connectivity index (χ1n) is 7.37. The summed E-state index contributed by atoms with van der Waals surface area (Å²) < 4.78 is 23.1. The van der Waals surface area contributed by atoms with E-state index < -0.39 is 9.84 Å². The molecule has 0 saturated heterocycles. The predicted molar refractivity (Wildman–Crippen MR) is 90.1 cm³/mol. The van der Waals surface area contributed by atoms with Crippen LogP contribution in [0.5, 0.6) is 0 Å². The van der Waals surface area contributed by atoms with Crippen molar-refractivity contribution < 1.29 is 13.2 Å². The normalized spacial score (nSPS) is 16.6. The number of sulfone groups is 1. The highest BCUT2D eigenvalue weighted by molar-refractivity contribution is 7.90. The van der Waals surface area contributed by atoms with Crippen LogP contribution in [-0.4, -0.2) is 32.4 Å². The summed E-state index contributed by atoms with van der Waals surface area (Å²) in [5, 5.41) is 0.621. The first kappa shape index (κ1) is 17.3. The zero-order chi connectivity index (χ0) is 16.5. The Morgan fingerprint density at radius 1 is 1.27 bits per heavy atom. The largest absolute Gasteiger partial charge is 0.310 e. The SMILES string of the molecule is CC(C)N(C(=O)CC1(CS(C)(=O)=O)CC1)c1ccc(Cl)cc1. The van der Waals surface area contributed by atoms with Gasteiger partial charge in [0.2, 0.25) is 5.91 Å². The van der Waals surface area contributed by atoms with Gasteiger partial charge >= 0.3 is 0 Å². The van der Waals surface area contributed by atoms with Crippen molar-refractivity contribution in [2.75, 3.05) is 16.9 Å². The average molecular weight is 344 g/mol. The van der Waals surface area contributed by atoms with Crippen molar-refractivity contribution >= 4 is 33.0 Å². The van der Waals surface area contributed by atoms with Gasteiger partial charge in [-0.25, -0.2) is 8.42 Å². The van der Waals surface area contributed by atoms with Crippen molar-refractivity contribution in [2.45, 2.75) is 39.2 Å². The molecule has 1 aromatic rings. The molecule has 0 N–H and O–H groups in total. The van der Waals surface area contributed by atoms with Gasteiger partial charge in [0.15, 0.2) is 0 Å². The Hall–Kier alpha value is -1.07. The second-order valence-electron chi connectivity index (χ2n) is 6.58. The molecule has 0 bridgehead atoms. The summed E-state index contributed by atoms with van der Waals surface area (Å²) in [5.74, 6) is 0.0663. The van der Waals surface area contributed by atoms with Gasteiger partial charge in [0.25, 0.3) is 0 Å². The number of halogens is 1. The molecular formula is C16H22ClNO3S. The quantitative estimate of drug-likeness (QED) is 0.796. The van der Waals surface area contributed by atoms with Gasteiger partial charge < -0.3 is 4.90 Å². The topological polar surface area (TPSA) is 54.5 Å². The van der Waals surface area contributed by atoms with Crippen LogP contribution in [0, 0.1) is 5.41 Å². The molecule has 1 fully saturated rings. The molecule has 1 aliphatic rings. The van der Waals surface area contributed by atoms with Gasteiger partial charge in [-0.15, -0.1) is 0 Å². The highest BCUT2D eigenvalue weighted by atomic mass is 35.5. The Bertz CT molecular complexity index is 648. The number of rotatable bonds is 6. The number of carbonyl (C=O) groups is 1. The lowest BCUT2D eigenvalue weighted by atomic mass is 10.0. The van der Waals surface area contributed by atoms with Crippen LogP contribution in [0.2, 0.25) is 5.02 Å². The first-order chi connectivity index (χ1) is 10.1. The summed E-state index contributed by atoms with van der Waals surface area (Å²) in [6, 6.07) is 7.14. The molecule has 4 nitrogen and oxygen atoms in total. The van der Waals surface area contributed by atoms with Crippen LogP contribution in [-0.2, 0) is 14.6 Å². The van der Waals surface area contributed by atoms with Crippen molar-refractivity contribution in [2.24, 2.45) is 5.41 Å². The second-order valence-corrected chi connectivity index (χ2v) is 9.16. The summed E-state index contributed by atoms with van der Waals surface area (Å²) >= 11 is 5.89. The van der Waals surface area contributed by atoms with Crippen molar-refractivity contribution in [1.82, 2.24) is 0 Å². The highest BCUT2D eigenvalue weighted by Crippen LogP contribution is 2.50. The Morgan fingerprint density at radius 2 is 1.82 bits per heavy atom. The molecular weight excluding hydrogens is 322 g/mol. The van der Waals surface area contributed by atoms with Crippen molar-refractivity contribution in [3.63, 3.8) is 0 Å². The molecule has 1 saturated carbocycles. The minimum atomic E-state index is -3.07. The fourth-order valence-electron chi connectivity index (χ4n) is 2.84. The third kappa shape index (κ3) is 4.46. The third-order valence-corrected chi connectivity index (χ3v) is 5.33. The predicted octanol–water partition coefficient (Wildman–Crippen LogP) is 3.30. The van der Waals surface area contributed by atoms with Crippen molar-refractivity contribution in [3.8, 4) is 0 Å². The minimum absolute atomic E-state index is 0.00251. The molecule has 122 valence electrons. The summed E-state index contributed by atoms with van der Waals surface area (Å²) in [6.45, 7) is 3.89. The van der Waals surface area contributed by atoms with Gasteiger partial charge in [0.1, 0.15) is 9.84 Å². The monoisotopic (exact) mass is 343 g/mol. The van der Waals surface area contributed by atoms with Crippen LogP contribution in [0.15, 0.2) is 24.3 Å². The maximum atomic E-state index is 12.7. The van der Waals surface area contributed by atoms with Gasteiger partial charge in [0.05, 0.1) is 5.75 Å². The Kier molecular flexibility index (Phi) is 4.87. The summed E-state index contributed by atoms with van der Waals surface area (Å²) in [5.41, 5.74) is 0.434. The molecule has 0 atom stereocenters. The molecule has 0 aromatic heterocycles.